The van der Waals surface area contributed by atoms with Gasteiger partial charge in [0.1, 0.15) is 5.60 Å². The van der Waals surface area contributed by atoms with Gasteiger partial charge in [0, 0.05) is 18.0 Å². The summed E-state index contributed by atoms with van der Waals surface area (Å²) < 4.78 is 5.45. The lowest BCUT2D eigenvalue weighted by Crippen LogP contribution is -2.53. The number of aliphatic hydroxyl groups excluding tert-OH is 1. The third kappa shape index (κ3) is 2.41. The molecule has 0 spiro atoms. The van der Waals surface area contributed by atoms with E-state index in [1.807, 2.05) is 32.6 Å². The standard InChI is InChI=1S/C13H23NO3/c1-8-10-6-5-9(7-11(8)15)14(10)12(16)17-13(2,3)4/h8-11,15H,5-7H2,1-4H3/t8-,9-,10+,11?/m0/s1. The normalized spacial score (nSPS) is 37.1. The Bertz CT molecular complexity index is 310. The molecule has 2 bridgehead atoms. The van der Waals surface area contributed by atoms with Crippen molar-refractivity contribution in [2.75, 3.05) is 0 Å². The fourth-order valence-electron chi connectivity index (χ4n) is 3.01. The van der Waals surface area contributed by atoms with E-state index < -0.39 is 5.60 Å². The van der Waals surface area contributed by atoms with Crippen molar-refractivity contribution in [2.45, 2.75) is 70.7 Å². The van der Waals surface area contributed by atoms with Crippen LogP contribution in [0.2, 0.25) is 0 Å². The van der Waals surface area contributed by atoms with E-state index in [4.69, 9.17) is 4.74 Å². The zero-order valence-electron chi connectivity index (χ0n) is 11.1. The monoisotopic (exact) mass is 241 g/mol. The Morgan fingerprint density at radius 2 is 2.00 bits per heavy atom. The van der Waals surface area contributed by atoms with Gasteiger partial charge in [0.15, 0.2) is 0 Å². The van der Waals surface area contributed by atoms with Crippen molar-refractivity contribution in [3.63, 3.8) is 0 Å². The van der Waals surface area contributed by atoms with Gasteiger partial charge in [0.2, 0.25) is 0 Å². The molecule has 4 heteroatoms. The summed E-state index contributed by atoms with van der Waals surface area (Å²) in [7, 11) is 0. The third-order valence-electron chi connectivity index (χ3n) is 3.88. The minimum Gasteiger partial charge on any atom is -0.444 e. The van der Waals surface area contributed by atoms with Crippen molar-refractivity contribution in [1.82, 2.24) is 4.90 Å². The minimum atomic E-state index is -0.449. The molecule has 1 amide bonds. The van der Waals surface area contributed by atoms with Crippen LogP contribution in [0.1, 0.15) is 47.0 Å². The molecule has 2 heterocycles. The number of hydrogen-bond donors (Lipinski definition) is 1. The number of ether oxygens (including phenoxy) is 1. The number of aliphatic hydroxyl groups is 1. The molecule has 2 aliphatic rings. The van der Waals surface area contributed by atoms with Crippen LogP contribution >= 0.6 is 0 Å². The van der Waals surface area contributed by atoms with E-state index in [0.29, 0.717) is 6.42 Å². The second kappa shape index (κ2) is 4.16. The van der Waals surface area contributed by atoms with Crippen molar-refractivity contribution in [3.05, 3.63) is 0 Å². The molecule has 0 radical (unpaired) electrons. The molecular formula is C13H23NO3. The molecule has 4 atom stereocenters. The first-order valence-corrected chi connectivity index (χ1v) is 6.49. The molecule has 2 fully saturated rings. The molecule has 2 rings (SSSR count). The number of carbonyl (C=O) groups excluding carboxylic acids is 1. The fourth-order valence-corrected chi connectivity index (χ4v) is 3.01. The van der Waals surface area contributed by atoms with E-state index in [2.05, 4.69) is 0 Å². The number of nitrogens with zero attached hydrogens (tertiary/aromatic N) is 1. The van der Waals surface area contributed by atoms with E-state index in [-0.39, 0.29) is 30.2 Å². The van der Waals surface area contributed by atoms with Crippen LogP contribution < -0.4 is 0 Å². The summed E-state index contributed by atoms with van der Waals surface area (Å²) in [6.45, 7) is 7.67. The first-order valence-electron chi connectivity index (χ1n) is 6.49. The van der Waals surface area contributed by atoms with Gasteiger partial charge < -0.3 is 14.7 Å². The molecule has 0 saturated carbocycles. The molecule has 4 nitrogen and oxygen atoms in total. The maximum absolute atomic E-state index is 12.1. The zero-order valence-corrected chi connectivity index (χ0v) is 11.1. The predicted molar refractivity (Wildman–Crippen MR) is 64.7 cm³/mol. The first-order chi connectivity index (χ1) is 7.79. The molecule has 0 aromatic rings. The van der Waals surface area contributed by atoms with Crippen LogP contribution in [0.5, 0.6) is 0 Å². The molecule has 1 unspecified atom stereocenters. The highest BCUT2D eigenvalue weighted by atomic mass is 16.6. The van der Waals surface area contributed by atoms with Gasteiger partial charge in [-0.15, -0.1) is 0 Å². The van der Waals surface area contributed by atoms with E-state index in [1.165, 1.54) is 0 Å². The van der Waals surface area contributed by atoms with Gasteiger partial charge in [-0.3, -0.25) is 0 Å². The second-order valence-electron chi connectivity index (χ2n) is 6.35. The highest BCUT2D eigenvalue weighted by Crippen LogP contribution is 2.39. The molecule has 0 aliphatic carbocycles. The molecule has 1 N–H and O–H groups in total. The first kappa shape index (κ1) is 12.7. The lowest BCUT2D eigenvalue weighted by Gasteiger charge is -2.41. The largest absolute Gasteiger partial charge is 0.444 e. The maximum Gasteiger partial charge on any atom is 0.410 e. The van der Waals surface area contributed by atoms with Gasteiger partial charge in [-0.1, -0.05) is 6.92 Å². The van der Waals surface area contributed by atoms with Crippen molar-refractivity contribution < 1.29 is 14.6 Å². The maximum atomic E-state index is 12.1. The predicted octanol–water partition coefficient (Wildman–Crippen LogP) is 2.16. The van der Waals surface area contributed by atoms with Crippen LogP contribution in [0.4, 0.5) is 4.79 Å². The molecule has 17 heavy (non-hydrogen) atoms. The smallest absolute Gasteiger partial charge is 0.410 e. The number of rotatable bonds is 0. The van der Waals surface area contributed by atoms with Crippen molar-refractivity contribution in [2.24, 2.45) is 5.92 Å². The van der Waals surface area contributed by atoms with Crippen molar-refractivity contribution in [3.8, 4) is 0 Å². The summed E-state index contributed by atoms with van der Waals surface area (Å²) in [5.41, 5.74) is -0.449. The molecular weight excluding hydrogens is 218 g/mol. The number of carbonyl (C=O) groups is 1. The summed E-state index contributed by atoms with van der Waals surface area (Å²) in [6.07, 6.45) is 2.18. The average molecular weight is 241 g/mol. The highest BCUT2D eigenvalue weighted by molar-refractivity contribution is 5.69. The Morgan fingerprint density at radius 3 is 2.59 bits per heavy atom. The van der Waals surface area contributed by atoms with Gasteiger partial charge in [-0.2, -0.15) is 0 Å². The summed E-state index contributed by atoms with van der Waals surface area (Å²) in [5.74, 6) is 0.154. The highest BCUT2D eigenvalue weighted by Gasteiger charge is 2.48. The van der Waals surface area contributed by atoms with Crippen LogP contribution in [0.15, 0.2) is 0 Å². The van der Waals surface area contributed by atoms with Gasteiger partial charge in [-0.05, 0) is 40.0 Å². The number of hydrogen-bond acceptors (Lipinski definition) is 3. The van der Waals surface area contributed by atoms with Gasteiger partial charge in [0.25, 0.3) is 0 Å². The summed E-state index contributed by atoms with van der Waals surface area (Å²) in [4.78, 5) is 14.0. The third-order valence-corrected chi connectivity index (χ3v) is 3.88. The summed E-state index contributed by atoms with van der Waals surface area (Å²) >= 11 is 0. The lowest BCUT2D eigenvalue weighted by atomic mass is 9.89. The molecule has 2 aliphatic heterocycles. The van der Waals surface area contributed by atoms with Gasteiger partial charge in [0.05, 0.1) is 6.10 Å². The van der Waals surface area contributed by atoms with Gasteiger partial charge >= 0.3 is 6.09 Å². The second-order valence-corrected chi connectivity index (χ2v) is 6.35. The summed E-state index contributed by atoms with van der Waals surface area (Å²) in [5, 5.41) is 9.91. The number of piperidine rings is 1. The van der Waals surface area contributed by atoms with Gasteiger partial charge in [-0.25, -0.2) is 4.79 Å². The van der Waals surface area contributed by atoms with Crippen LogP contribution in [-0.2, 0) is 4.74 Å². The Balaban J connectivity index is 2.10. The quantitative estimate of drug-likeness (QED) is 0.707. The molecule has 98 valence electrons. The fraction of sp³-hybridized carbons (Fsp3) is 0.923. The molecule has 0 aromatic heterocycles. The van der Waals surface area contributed by atoms with E-state index >= 15 is 0 Å². The average Bonchev–Trinajstić information content (AvgIpc) is 2.51. The number of fused-ring (bicyclic) bond motifs is 2. The Morgan fingerprint density at radius 1 is 1.35 bits per heavy atom. The van der Waals surface area contributed by atoms with Crippen LogP contribution in [-0.4, -0.2) is 39.9 Å². The van der Waals surface area contributed by atoms with E-state index in [0.717, 1.165) is 12.8 Å². The Kier molecular flexibility index (Phi) is 3.10. The number of amides is 1. The van der Waals surface area contributed by atoms with Crippen molar-refractivity contribution in [1.29, 1.82) is 0 Å². The minimum absolute atomic E-state index is 0.151. The Hall–Kier alpha value is -0.770. The molecule has 0 aromatic carbocycles. The van der Waals surface area contributed by atoms with E-state index in [9.17, 15) is 9.90 Å². The Labute approximate surface area is 103 Å². The van der Waals surface area contributed by atoms with Crippen LogP contribution in [0.25, 0.3) is 0 Å². The topological polar surface area (TPSA) is 49.8 Å². The summed E-state index contributed by atoms with van der Waals surface area (Å²) in [6, 6.07) is 0.319. The molecule has 2 saturated heterocycles. The van der Waals surface area contributed by atoms with Crippen molar-refractivity contribution >= 4 is 6.09 Å². The lowest BCUT2D eigenvalue weighted by molar-refractivity contribution is -0.0331. The van der Waals surface area contributed by atoms with Crippen LogP contribution in [0, 0.1) is 5.92 Å². The van der Waals surface area contributed by atoms with Crippen LogP contribution in [0.3, 0.4) is 0 Å². The van der Waals surface area contributed by atoms with E-state index in [1.54, 1.807) is 0 Å². The zero-order chi connectivity index (χ0) is 12.8. The SMILES string of the molecule is C[C@@H]1C(O)C[C@@H]2CC[C@H]1N2C(=O)OC(C)(C)C.